The smallest absolute Gasteiger partial charge is 0.353 e. The number of imidazole rings is 1. The molecule has 23 heavy (non-hydrogen) atoms. The van der Waals surface area contributed by atoms with Crippen molar-refractivity contribution >= 4 is 17.3 Å². The third kappa shape index (κ3) is 4.63. The lowest BCUT2D eigenvalue weighted by molar-refractivity contribution is -0.383. The van der Waals surface area contributed by atoms with Crippen LogP contribution in [0.15, 0.2) is 25.0 Å². The van der Waals surface area contributed by atoms with Gasteiger partial charge >= 0.3 is 5.69 Å². The van der Waals surface area contributed by atoms with E-state index in [1.807, 2.05) is 24.6 Å². The Balaban J connectivity index is 2.02. The molecule has 0 radical (unpaired) electrons. The van der Waals surface area contributed by atoms with E-state index >= 15 is 0 Å². The van der Waals surface area contributed by atoms with Crippen LogP contribution in [0, 0.1) is 10.1 Å². The minimum atomic E-state index is -0.455. The van der Waals surface area contributed by atoms with Gasteiger partial charge in [0.25, 0.3) is 0 Å². The molecule has 0 aliphatic heterocycles. The van der Waals surface area contributed by atoms with Crippen LogP contribution >= 0.6 is 0 Å². The molecule has 2 aromatic heterocycles. The predicted molar refractivity (Wildman–Crippen MR) is 87.4 cm³/mol. The summed E-state index contributed by atoms with van der Waals surface area (Å²) in [5.74, 6) is 0.484. The summed E-state index contributed by atoms with van der Waals surface area (Å²) in [5.41, 5.74) is -0.115. The summed E-state index contributed by atoms with van der Waals surface area (Å²) < 4.78 is 1.95. The van der Waals surface area contributed by atoms with Crippen LogP contribution in [0.3, 0.4) is 0 Å². The summed E-state index contributed by atoms with van der Waals surface area (Å²) in [4.78, 5) is 22.9. The molecule has 0 saturated carbocycles. The molecular weight excluding hydrogens is 298 g/mol. The highest BCUT2D eigenvalue weighted by Crippen LogP contribution is 2.29. The van der Waals surface area contributed by atoms with E-state index < -0.39 is 4.92 Å². The van der Waals surface area contributed by atoms with Crippen molar-refractivity contribution in [3.05, 3.63) is 35.2 Å². The van der Waals surface area contributed by atoms with Gasteiger partial charge in [0.05, 0.1) is 11.3 Å². The number of anilines is 2. The number of rotatable bonds is 9. The number of hydrogen-bond acceptors (Lipinski definition) is 7. The molecule has 2 heterocycles. The third-order valence-corrected chi connectivity index (χ3v) is 3.45. The first-order valence-electron chi connectivity index (χ1n) is 7.57. The van der Waals surface area contributed by atoms with E-state index in [-0.39, 0.29) is 23.4 Å². The van der Waals surface area contributed by atoms with Gasteiger partial charge in [0, 0.05) is 31.5 Å². The topological polar surface area (TPSA) is 111 Å². The molecule has 2 rings (SSSR count). The molecule has 124 valence electrons. The van der Waals surface area contributed by atoms with Crippen LogP contribution in [0.5, 0.6) is 0 Å². The van der Waals surface area contributed by atoms with Crippen molar-refractivity contribution in [3.8, 4) is 0 Å². The number of nitrogens with one attached hydrogen (secondary N) is 2. The van der Waals surface area contributed by atoms with Crippen LogP contribution in [0.2, 0.25) is 0 Å². The maximum absolute atomic E-state index is 11.4. The van der Waals surface area contributed by atoms with Crippen LogP contribution in [-0.4, -0.2) is 37.0 Å². The highest BCUT2D eigenvalue weighted by Gasteiger charge is 2.23. The minimum Gasteiger partial charge on any atom is -0.364 e. The molecule has 2 N–H and O–H groups in total. The van der Waals surface area contributed by atoms with E-state index in [2.05, 4.69) is 25.6 Å². The molecule has 0 aliphatic carbocycles. The molecule has 0 saturated heterocycles. The standard InChI is InChI=1S/C14H21N7O2/c1-3-11(2)19-14-12(21(22)23)13(17-9-18-14)16-5-4-7-20-8-6-15-10-20/h6,8-11H,3-5,7H2,1-2H3,(H2,16,17,18,19). The van der Waals surface area contributed by atoms with Gasteiger partial charge in [-0.15, -0.1) is 0 Å². The third-order valence-electron chi connectivity index (χ3n) is 3.45. The molecule has 0 aromatic carbocycles. The molecule has 9 nitrogen and oxygen atoms in total. The number of nitro groups is 1. The molecular formula is C14H21N7O2. The van der Waals surface area contributed by atoms with Gasteiger partial charge in [-0.2, -0.15) is 0 Å². The van der Waals surface area contributed by atoms with Crippen molar-refractivity contribution in [1.82, 2.24) is 19.5 Å². The zero-order chi connectivity index (χ0) is 16.7. The molecule has 0 amide bonds. The SMILES string of the molecule is CCC(C)Nc1ncnc(NCCCn2ccnc2)c1[N+](=O)[O-]. The largest absolute Gasteiger partial charge is 0.364 e. The van der Waals surface area contributed by atoms with E-state index in [1.54, 1.807) is 12.5 Å². The lowest BCUT2D eigenvalue weighted by Crippen LogP contribution is -2.17. The van der Waals surface area contributed by atoms with Crippen molar-refractivity contribution in [1.29, 1.82) is 0 Å². The fourth-order valence-electron chi connectivity index (χ4n) is 2.01. The normalized spacial score (nSPS) is 11.9. The zero-order valence-electron chi connectivity index (χ0n) is 13.3. The summed E-state index contributed by atoms with van der Waals surface area (Å²) in [6.07, 6.45) is 8.30. The summed E-state index contributed by atoms with van der Waals surface area (Å²) in [6, 6.07) is 0.0951. The van der Waals surface area contributed by atoms with Crippen LogP contribution in [0.4, 0.5) is 17.3 Å². The Morgan fingerprint density at radius 1 is 1.39 bits per heavy atom. The molecule has 0 fully saturated rings. The van der Waals surface area contributed by atoms with Crippen molar-refractivity contribution in [2.45, 2.75) is 39.3 Å². The minimum absolute atomic E-state index is 0.0951. The van der Waals surface area contributed by atoms with Crippen molar-refractivity contribution in [2.24, 2.45) is 0 Å². The fraction of sp³-hybridized carbons (Fsp3) is 0.500. The van der Waals surface area contributed by atoms with E-state index in [0.29, 0.717) is 6.54 Å². The highest BCUT2D eigenvalue weighted by atomic mass is 16.6. The molecule has 1 unspecified atom stereocenters. The van der Waals surface area contributed by atoms with Crippen LogP contribution < -0.4 is 10.6 Å². The molecule has 9 heteroatoms. The number of hydrogen-bond donors (Lipinski definition) is 2. The lowest BCUT2D eigenvalue weighted by Gasteiger charge is -2.13. The molecule has 0 spiro atoms. The lowest BCUT2D eigenvalue weighted by atomic mass is 10.2. The highest BCUT2D eigenvalue weighted by molar-refractivity contribution is 5.69. The van der Waals surface area contributed by atoms with Gasteiger partial charge in [-0.3, -0.25) is 10.1 Å². The number of aromatic nitrogens is 4. The van der Waals surface area contributed by atoms with Gasteiger partial charge in [-0.25, -0.2) is 15.0 Å². The summed E-state index contributed by atoms with van der Waals surface area (Å²) in [5, 5.41) is 17.4. The fourth-order valence-corrected chi connectivity index (χ4v) is 2.01. The molecule has 0 bridgehead atoms. The maximum Gasteiger partial charge on any atom is 0.353 e. The van der Waals surface area contributed by atoms with Crippen LogP contribution in [-0.2, 0) is 6.54 Å². The van der Waals surface area contributed by atoms with Crippen LogP contribution in [0.25, 0.3) is 0 Å². The first-order valence-corrected chi connectivity index (χ1v) is 7.57. The van der Waals surface area contributed by atoms with Gasteiger partial charge < -0.3 is 15.2 Å². The number of aryl methyl sites for hydroxylation is 1. The summed E-state index contributed by atoms with van der Waals surface area (Å²) in [7, 11) is 0. The van der Waals surface area contributed by atoms with Crippen LogP contribution in [0.1, 0.15) is 26.7 Å². The zero-order valence-corrected chi connectivity index (χ0v) is 13.3. The average Bonchev–Trinajstić information content (AvgIpc) is 3.04. The summed E-state index contributed by atoms with van der Waals surface area (Å²) in [6.45, 7) is 5.30. The van der Waals surface area contributed by atoms with Gasteiger partial charge in [0.1, 0.15) is 6.33 Å². The molecule has 2 aromatic rings. The monoisotopic (exact) mass is 319 g/mol. The second kappa shape index (κ2) is 8.06. The first-order chi connectivity index (χ1) is 11.1. The van der Waals surface area contributed by atoms with Crippen molar-refractivity contribution in [3.63, 3.8) is 0 Å². The van der Waals surface area contributed by atoms with E-state index in [4.69, 9.17) is 0 Å². The predicted octanol–water partition coefficient (Wildman–Crippen LogP) is 2.29. The Bertz CT molecular complexity index is 630. The van der Waals surface area contributed by atoms with E-state index in [0.717, 1.165) is 19.4 Å². The Labute approximate surface area is 134 Å². The van der Waals surface area contributed by atoms with E-state index in [1.165, 1.54) is 6.33 Å². The maximum atomic E-state index is 11.4. The average molecular weight is 319 g/mol. The Morgan fingerprint density at radius 3 is 2.83 bits per heavy atom. The van der Waals surface area contributed by atoms with Gasteiger partial charge in [0.2, 0.25) is 11.6 Å². The number of nitrogens with zero attached hydrogens (tertiary/aromatic N) is 5. The Hall–Kier alpha value is -2.71. The quantitative estimate of drug-likeness (QED) is 0.414. The first kappa shape index (κ1) is 16.7. The van der Waals surface area contributed by atoms with Crippen molar-refractivity contribution in [2.75, 3.05) is 17.2 Å². The van der Waals surface area contributed by atoms with Crippen molar-refractivity contribution < 1.29 is 4.92 Å². The molecule has 0 aliphatic rings. The summed E-state index contributed by atoms with van der Waals surface area (Å²) >= 11 is 0. The second-order valence-corrected chi connectivity index (χ2v) is 5.21. The van der Waals surface area contributed by atoms with E-state index in [9.17, 15) is 10.1 Å². The van der Waals surface area contributed by atoms with Gasteiger partial charge in [-0.05, 0) is 19.8 Å². The Kier molecular flexibility index (Phi) is 5.84. The second-order valence-electron chi connectivity index (χ2n) is 5.21. The Morgan fingerprint density at radius 2 is 2.17 bits per heavy atom. The van der Waals surface area contributed by atoms with Gasteiger partial charge in [0.15, 0.2) is 0 Å². The van der Waals surface area contributed by atoms with Gasteiger partial charge in [-0.1, -0.05) is 6.92 Å². The molecule has 1 atom stereocenters.